The van der Waals surface area contributed by atoms with E-state index in [9.17, 15) is 9.18 Å². The van der Waals surface area contributed by atoms with Crippen LogP contribution in [-0.2, 0) is 4.79 Å². The molecular formula is C15H21FN2O2. The zero-order valence-electron chi connectivity index (χ0n) is 12.0. The lowest BCUT2D eigenvalue weighted by Crippen LogP contribution is -2.49. The molecule has 1 aliphatic heterocycles. The molecule has 1 saturated heterocycles. The van der Waals surface area contributed by atoms with E-state index >= 15 is 0 Å². The van der Waals surface area contributed by atoms with Crippen LogP contribution in [0.25, 0.3) is 0 Å². The summed E-state index contributed by atoms with van der Waals surface area (Å²) in [5.74, 6) is -0.963. The molecule has 3 N–H and O–H groups in total. The number of halogens is 1. The van der Waals surface area contributed by atoms with Crippen molar-refractivity contribution in [3.05, 3.63) is 29.6 Å². The van der Waals surface area contributed by atoms with Gasteiger partial charge in [0.25, 0.3) is 0 Å². The molecule has 0 aliphatic carbocycles. The third-order valence-electron chi connectivity index (χ3n) is 4.04. The molecule has 0 aromatic heterocycles. The zero-order valence-corrected chi connectivity index (χ0v) is 12.0. The summed E-state index contributed by atoms with van der Waals surface area (Å²) in [6.45, 7) is 4.01. The van der Waals surface area contributed by atoms with Gasteiger partial charge in [-0.1, -0.05) is 19.1 Å². The molecule has 1 fully saturated rings. The van der Waals surface area contributed by atoms with Gasteiger partial charge in [0.2, 0.25) is 5.91 Å². The van der Waals surface area contributed by atoms with Crippen LogP contribution in [0.2, 0.25) is 0 Å². The van der Waals surface area contributed by atoms with Crippen LogP contribution in [-0.4, -0.2) is 19.1 Å². The molecule has 0 radical (unpaired) electrons. The number of amides is 1. The minimum absolute atomic E-state index is 0.111. The molecule has 1 aromatic carbocycles. The number of nitrogens with two attached hydrogens (primary N) is 1. The third-order valence-corrected chi connectivity index (χ3v) is 4.04. The van der Waals surface area contributed by atoms with Gasteiger partial charge in [0.15, 0.2) is 11.6 Å². The minimum atomic E-state index is -0.431. The van der Waals surface area contributed by atoms with Crippen LogP contribution in [0.4, 0.5) is 4.39 Å². The lowest BCUT2D eigenvalue weighted by atomic mass is 9.76. The van der Waals surface area contributed by atoms with E-state index in [4.69, 9.17) is 10.5 Å². The number of nitrogens with one attached hydrogen (secondary N) is 1. The van der Waals surface area contributed by atoms with E-state index in [2.05, 4.69) is 5.32 Å². The van der Waals surface area contributed by atoms with E-state index in [0.29, 0.717) is 5.56 Å². The molecule has 110 valence electrons. The fourth-order valence-corrected chi connectivity index (χ4v) is 3.16. The van der Waals surface area contributed by atoms with Crippen molar-refractivity contribution in [3.63, 3.8) is 0 Å². The number of carbonyl (C=O) groups is 1. The smallest absolute Gasteiger partial charge is 0.222 e. The summed E-state index contributed by atoms with van der Waals surface area (Å²) in [5, 5.41) is 3.29. The van der Waals surface area contributed by atoms with E-state index in [-0.39, 0.29) is 17.7 Å². The van der Waals surface area contributed by atoms with Gasteiger partial charge in [0, 0.05) is 17.6 Å². The van der Waals surface area contributed by atoms with Crippen molar-refractivity contribution in [3.8, 4) is 5.75 Å². The van der Waals surface area contributed by atoms with Gasteiger partial charge >= 0.3 is 0 Å². The Kier molecular flexibility index (Phi) is 4.28. The van der Waals surface area contributed by atoms with Crippen molar-refractivity contribution >= 4 is 5.91 Å². The monoisotopic (exact) mass is 280 g/mol. The van der Waals surface area contributed by atoms with E-state index < -0.39 is 23.7 Å². The SMILES string of the molecule is COc1cccc(C2NC(C)CC(C)C2C(N)=O)c1F. The number of carbonyl (C=O) groups excluding carboxylic acids is 1. The maximum absolute atomic E-state index is 14.4. The van der Waals surface area contributed by atoms with Gasteiger partial charge in [-0.05, 0) is 25.3 Å². The molecule has 4 nitrogen and oxygen atoms in total. The molecule has 1 aliphatic rings. The number of piperidine rings is 1. The van der Waals surface area contributed by atoms with Crippen molar-refractivity contribution < 1.29 is 13.9 Å². The van der Waals surface area contributed by atoms with Gasteiger partial charge in [-0.15, -0.1) is 0 Å². The second-order valence-electron chi connectivity index (χ2n) is 5.55. The van der Waals surface area contributed by atoms with Crippen molar-refractivity contribution in [2.75, 3.05) is 7.11 Å². The molecule has 0 bridgehead atoms. The summed E-state index contributed by atoms with van der Waals surface area (Å²) < 4.78 is 19.4. The van der Waals surface area contributed by atoms with Crippen LogP contribution in [0.1, 0.15) is 31.9 Å². The standard InChI is InChI=1S/C15H21FN2O2/c1-8-7-9(2)18-14(12(8)15(17)19)10-5-4-6-11(20-3)13(10)16/h4-6,8-9,12,14,18H,7H2,1-3H3,(H2,17,19). The Morgan fingerprint density at radius 1 is 1.45 bits per heavy atom. The van der Waals surface area contributed by atoms with Gasteiger partial charge in [-0.2, -0.15) is 0 Å². The maximum Gasteiger partial charge on any atom is 0.222 e. The first-order valence-corrected chi connectivity index (χ1v) is 6.83. The number of hydrogen-bond donors (Lipinski definition) is 2. The highest BCUT2D eigenvalue weighted by atomic mass is 19.1. The Balaban J connectivity index is 2.44. The summed E-state index contributed by atoms with van der Waals surface area (Å²) in [6, 6.07) is 4.75. The molecule has 5 heteroatoms. The van der Waals surface area contributed by atoms with Crippen molar-refractivity contribution in [2.45, 2.75) is 32.4 Å². The molecular weight excluding hydrogens is 259 g/mol. The van der Waals surface area contributed by atoms with Gasteiger partial charge in [-0.3, -0.25) is 4.79 Å². The summed E-state index contributed by atoms with van der Waals surface area (Å²) in [7, 11) is 1.42. The second-order valence-corrected chi connectivity index (χ2v) is 5.55. The fourth-order valence-electron chi connectivity index (χ4n) is 3.16. The third kappa shape index (κ3) is 2.63. The Morgan fingerprint density at radius 2 is 2.15 bits per heavy atom. The lowest BCUT2D eigenvalue weighted by molar-refractivity contribution is -0.125. The van der Waals surface area contributed by atoms with Crippen molar-refractivity contribution in [2.24, 2.45) is 17.6 Å². The Labute approximate surface area is 118 Å². The minimum Gasteiger partial charge on any atom is -0.494 e. The van der Waals surface area contributed by atoms with Gasteiger partial charge in [-0.25, -0.2) is 4.39 Å². The van der Waals surface area contributed by atoms with Crippen LogP contribution >= 0.6 is 0 Å². The zero-order chi connectivity index (χ0) is 14.9. The summed E-state index contributed by atoms with van der Waals surface area (Å²) in [5.41, 5.74) is 5.96. The molecule has 4 atom stereocenters. The highest BCUT2D eigenvalue weighted by molar-refractivity contribution is 5.78. The number of benzene rings is 1. The number of methoxy groups -OCH3 is 1. The topological polar surface area (TPSA) is 64.3 Å². The highest BCUT2D eigenvalue weighted by Crippen LogP contribution is 2.38. The van der Waals surface area contributed by atoms with Crippen LogP contribution in [0.3, 0.4) is 0 Å². The lowest BCUT2D eigenvalue weighted by Gasteiger charge is -2.39. The number of rotatable bonds is 3. The van der Waals surface area contributed by atoms with E-state index in [0.717, 1.165) is 6.42 Å². The molecule has 1 heterocycles. The first kappa shape index (κ1) is 14.8. The quantitative estimate of drug-likeness (QED) is 0.890. The average Bonchev–Trinajstić information content (AvgIpc) is 2.37. The largest absolute Gasteiger partial charge is 0.494 e. The van der Waals surface area contributed by atoms with Crippen LogP contribution in [0.5, 0.6) is 5.75 Å². The first-order chi connectivity index (χ1) is 9.45. The molecule has 20 heavy (non-hydrogen) atoms. The molecule has 1 aromatic rings. The van der Waals surface area contributed by atoms with Crippen molar-refractivity contribution in [1.82, 2.24) is 5.32 Å². The van der Waals surface area contributed by atoms with E-state index in [1.807, 2.05) is 13.8 Å². The first-order valence-electron chi connectivity index (χ1n) is 6.83. The summed E-state index contributed by atoms with van der Waals surface area (Å²) in [4.78, 5) is 11.7. The highest BCUT2D eigenvalue weighted by Gasteiger charge is 2.39. The number of primary amides is 1. The predicted molar refractivity (Wildman–Crippen MR) is 74.8 cm³/mol. The molecule has 4 unspecified atom stereocenters. The molecule has 0 spiro atoms. The van der Waals surface area contributed by atoms with Crippen LogP contribution < -0.4 is 15.8 Å². The van der Waals surface area contributed by atoms with E-state index in [1.165, 1.54) is 7.11 Å². The Morgan fingerprint density at radius 3 is 2.75 bits per heavy atom. The Hall–Kier alpha value is -1.62. The van der Waals surface area contributed by atoms with Gasteiger partial charge in [0.1, 0.15) is 0 Å². The maximum atomic E-state index is 14.4. The van der Waals surface area contributed by atoms with Gasteiger partial charge in [0.05, 0.1) is 13.0 Å². The summed E-state index contributed by atoms with van der Waals surface area (Å²) in [6.07, 6.45) is 0.843. The van der Waals surface area contributed by atoms with Crippen LogP contribution in [0.15, 0.2) is 18.2 Å². The van der Waals surface area contributed by atoms with Crippen LogP contribution in [0, 0.1) is 17.7 Å². The van der Waals surface area contributed by atoms with Gasteiger partial charge < -0.3 is 15.8 Å². The normalized spacial score (nSPS) is 30.0. The Bertz CT molecular complexity index is 507. The van der Waals surface area contributed by atoms with Crippen molar-refractivity contribution in [1.29, 1.82) is 0 Å². The molecule has 2 rings (SSSR count). The summed E-state index contributed by atoms with van der Waals surface area (Å²) >= 11 is 0. The molecule has 0 saturated carbocycles. The second kappa shape index (κ2) is 5.79. The molecule has 1 amide bonds. The number of hydrogen-bond acceptors (Lipinski definition) is 3. The van der Waals surface area contributed by atoms with E-state index in [1.54, 1.807) is 18.2 Å². The predicted octanol–water partition coefficient (Wildman–Crippen LogP) is 1.99. The number of ether oxygens (including phenoxy) is 1. The fraction of sp³-hybridized carbons (Fsp3) is 0.533. The average molecular weight is 280 g/mol.